The highest BCUT2D eigenvalue weighted by Gasteiger charge is 2.17. The second kappa shape index (κ2) is 4.22. The Labute approximate surface area is 102 Å². The van der Waals surface area contributed by atoms with Crippen LogP contribution >= 0.6 is 11.3 Å². The van der Waals surface area contributed by atoms with E-state index in [4.69, 9.17) is 0 Å². The summed E-state index contributed by atoms with van der Waals surface area (Å²) in [4.78, 5) is 4.18. The number of nitrogens with zero attached hydrogens (tertiary/aromatic N) is 1. The molecule has 17 heavy (non-hydrogen) atoms. The van der Waals surface area contributed by atoms with Crippen LogP contribution in [-0.2, 0) is 0 Å². The third kappa shape index (κ3) is 2.11. The fraction of sp³-hybridized carbons (Fsp3) is 0.417. The molecule has 1 heterocycles. The van der Waals surface area contributed by atoms with Crippen molar-refractivity contribution in [2.24, 2.45) is 0 Å². The van der Waals surface area contributed by atoms with Gasteiger partial charge in [0.25, 0.3) is 0 Å². The Bertz CT molecular complexity index is 547. The molecule has 0 spiro atoms. The monoisotopic (exact) mass is 254 g/mol. The number of benzene rings is 1. The van der Waals surface area contributed by atoms with Crippen molar-refractivity contribution in [2.45, 2.75) is 31.7 Å². The van der Waals surface area contributed by atoms with Crippen molar-refractivity contribution in [1.29, 1.82) is 0 Å². The number of halogens is 2. The minimum atomic E-state index is -0.587. The molecule has 0 aliphatic heterocycles. The molecule has 0 amide bonds. The van der Waals surface area contributed by atoms with Gasteiger partial charge in [-0.3, -0.25) is 0 Å². The summed E-state index contributed by atoms with van der Waals surface area (Å²) < 4.78 is 27.0. The van der Waals surface area contributed by atoms with E-state index in [9.17, 15) is 8.78 Å². The number of rotatable bonds is 2. The normalized spacial score (nSPS) is 16.8. The van der Waals surface area contributed by atoms with E-state index in [-0.39, 0.29) is 5.52 Å². The molecule has 0 radical (unpaired) electrons. The number of aromatic nitrogens is 1. The second-order valence-electron chi connectivity index (χ2n) is 4.38. The maximum absolute atomic E-state index is 13.5. The van der Waals surface area contributed by atoms with Crippen molar-refractivity contribution >= 4 is 26.7 Å². The van der Waals surface area contributed by atoms with Gasteiger partial charge in [-0.25, -0.2) is 13.8 Å². The molecule has 0 saturated heterocycles. The van der Waals surface area contributed by atoms with Crippen molar-refractivity contribution in [1.82, 2.24) is 4.98 Å². The van der Waals surface area contributed by atoms with Gasteiger partial charge in [-0.1, -0.05) is 24.2 Å². The van der Waals surface area contributed by atoms with Crippen LogP contribution in [0.15, 0.2) is 12.1 Å². The summed E-state index contributed by atoms with van der Waals surface area (Å²) in [6, 6.07) is 2.64. The zero-order chi connectivity index (χ0) is 11.8. The predicted molar refractivity (Wildman–Crippen MR) is 65.4 cm³/mol. The van der Waals surface area contributed by atoms with Gasteiger partial charge in [0.05, 0.1) is 4.70 Å². The molecule has 1 aromatic carbocycles. The predicted octanol–water partition coefficient (Wildman–Crippen LogP) is 3.93. The Morgan fingerprint density at radius 2 is 2.00 bits per heavy atom. The van der Waals surface area contributed by atoms with Crippen LogP contribution in [0.3, 0.4) is 0 Å². The summed E-state index contributed by atoms with van der Waals surface area (Å²) in [6.07, 6.45) is 4.72. The van der Waals surface area contributed by atoms with Crippen LogP contribution in [-0.4, -0.2) is 11.0 Å². The van der Waals surface area contributed by atoms with Crippen LogP contribution in [0.25, 0.3) is 10.2 Å². The highest BCUT2D eigenvalue weighted by Crippen LogP contribution is 2.31. The number of anilines is 1. The Balaban J connectivity index is 1.93. The lowest BCUT2D eigenvalue weighted by Crippen LogP contribution is -2.13. The van der Waals surface area contributed by atoms with Gasteiger partial charge in [-0.2, -0.15) is 0 Å². The van der Waals surface area contributed by atoms with Crippen LogP contribution in [0.5, 0.6) is 0 Å². The van der Waals surface area contributed by atoms with E-state index in [1.807, 2.05) is 0 Å². The van der Waals surface area contributed by atoms with E-state index in [0.29, 0.717) is 15.9 Å². The number of hydrogen-bond acceptors (Lipinski definition) is 3. The molecule has 2 nitrogen and oxygen atoms in total. The molecular formula is C12H12F2N2S. The molecule has 0 bridgehead atoms. The summed E-state index contributed by atoms with van der Waals surface area (Å²) in [7, 11) is 0. The van der Waals surface area contributed by atoms with Crippen molar-refractivity contribution in [3.8, 4) is 0 Å². The highest BCUT2D eigenvalue weighted by atomic mass is 32.1. The highest BCUT2D eigenvalue weighted by molar-refractivity contribution is 7.22. The summed E-state index contributed by atoms with van der Waals surface area (Å²) >= 11 is 1.31. The first kappa shape index (κ1) is 10.9. The van der Waals surface area contributed by atoms with Crippen LogP contribution in [0.4, 0.5) is 13.9 Å². The average molecular weight is 254 g/mol. The van der Waals surface area contributed by atoms with Crippen LogP contribution in [0.1, 0.15) is 25.7 Å². The summed E-state index contributed by atoms with van der Waals surface area (Å²) in [5.41, 5.74) is 0.261. The minimum absolute atomic E-state index is 0.261. The maximum Gasteiger partial charge on any atom is 0.184 e. The third-order valence-corrected chi connectivity index (χ3v) is 4.03. The first-order valence-corrected chi connectivity index (χ1v) is 6.56. The first-order chi connectivity index (χ1) is 8.22. The molecule has 1 aliphatic carbocycles. The molecule has 1 saturated carbocycles. The summed E-state index contributed by atoms with van der Waals surface area (Å²) in [5.74, 6) is -1.14. The minimum Gasteiger partial charge on any atom is -0.359 e. The molecule has 0 atom stereocenters. The fourth-order valence-corrected chi connectivity index (χ4v) is 3.25. The molecule has 1 aliphatic rings. The lowest BCUT2D eigenvalue weighted by molar-refractivity contribution is 0.591. The number of hydrogen-bond donors (Lipinski definition) is 1. The number of thiazole rings is 1. The Hall–Kier alpha value is -1.23. The van der Waals surface area contributed by atoms with Gasteiger partial charge in [0.15, 0.2) is 10.9 Å². The van der Waals surface area contributed by atoms with Crippen molar-refractivity contribution in [3.63, 3.8) is 0 Å². The van der Waals surface area contributed by atoms with Gasteiger partial charge in [-0.05, 0) is 18.9 Å². The van der Waals surface area contributed by atoms with E-state index < -0.39 is 11.6 Å². The molecule has 1 N–H and O–H groups in total. The lowest BCUT2D eigenvalue weighted by Gasteiger charge is -2.09. The maximum atomic E-state index is 13.5. The second-order valence-corrected chi connectivity index (χ2v) is 5.41. The zero-order valence-electron chi connectivity index (χ0n) is 9.17. The van der Waals surface area contributed by atoms with E-state index in [2.05, 4.69) is 10.3 Å². The Morgan fingerprint density at radius 1 is 1.24 bits per heavy atom. The molecular weight excluding hydrogens is 242 g/mol. The van der Waals surface area contributed by atoms with Crippen molar-refractivity contribution in [2.75, 3.05) is 5.32 Å². The van der Waals surface area contributed by atoms with Gasteiger partial charge in [-0.15, -0.1) is 0 Å². The van der Waals surface area contributed by atoms with Crippen molar-refractivity contribution in [3.05, 3.63) is 23.8 Å². The number of nitrogens with one attached hydrogen (secondary N) is 1. The van der Waals surface area contributed by atoms with Gasteiger partial charge in [0.2, 0.25) is 0 Å². The molecule has 1 fully saturated rings. The molecule has 90 valence electrons. The number of fused-ring (bicyclic) bond motifs is 1. The Morgan fingerprint density at radius 3 is 2.76 bits per heavy atom. The van der Waals surface area contributed by atoms with Crippen LogP contribution in [0, 0.1) is 11.6 Å². The fourth-order valence-electron chi connectivity index (χ4n) is 2.26. The van der Waals surface area contributed by atoms with Gasteiger partial charge in [0, 0.05) is 12.1 Å². The third-order valence-electron chi connectivity index (χ3n) is 3.10. The van der Waals surface area contributed by atoms with Gasteiger partial charge in [0.1, 0.15) is 11.3 Å². The van der Waals surface area contributed by atoms with Gasteiger partial charge < -0.3 is 5.32 Å². The van der Waals surface area contributed by atoms with E-state index in [1.54, 1.807) is 0 Å². The average Bonchev–Trinajstić information content (AvgIpc) is 2.87. The van der Waals surface area contributed by atoms with E-state index in [0.717, 1.165) is 18.9 Å². The van der Waals surface area contributed by atoms with E-state index in [1.165, 1.54) is 30.2 Å². The molecule has 0 unspecified atom stereocenters. The van der Waals surface area contributed by atoms with Gasteiger partial charge >= 0.3 is 0 Å². The van der Waals surface area contributed by atoms with Crippen molar-refractivity contribution < 1.29 is 8.78 Å². The van der Waals surface area contributed by atoms with Crippen LogP contribution < -0.4 is 5.32 Å². The standard InChI is InChI=1S/C12H12F2N2S/c13-7-5-9(14)11-10(6-7)17-12(16-11)15-8-3-1-2-4-8/h5-6,8H,1-4H2,(H,15,16). The zero-order valence-corrected chi connectivity index (χ0v) is 9.99. The molecule has 1 aromatic heterocycles. The van der Waals surface area contributed by atoms with E-state index >= 15 is 0 Å². The lowest BCUT2D eigenvalue weighted by atomic mass is 10.3. The summed E-state index contributed by atoms with van der Waals surface area (Å²) in [5, 5.41) is 3.99. The largest absolute Gasteiger partial charge is 0.359 e. The first-order valence-electron chi connectivity index (χ1n) is 5.74. The molecule has 2 aromatic rings. The Kier molecular flexibility index (Phi) is 2.70. The van der Waals surface area contributed by atoms with Crippen LogP contribution in [0.2, 0.25) is 0 Å². The molecule has 5 heteroatoms. The topological polar surface area (TPSA) is 24.9 Å². The quantitative estimate of drug-likeness (QED) is 0.878. The summed E-state index contributed by atoms with van der Waals surface area (Å²) in [6.45, 7) is 0. The molecule has 3 rings (SSSR count). The smallest absolute Gasteiger partial charge is 0.184 e. The SMILES string of the molecule is Fc1cc(F)c2nc(NC3CCCC3)sc2c1.